The van der Waals surface area contributed by atoms with Crippen LogP contribution in [0.5, 0.6) is 5.75 Å². The van der Waals surface area contributed by atoms with Gasteiger partial charge >= 0.3 is 0 Å². The van der Waals surface area contributed by atoms with E-state index in [1.54, 1.807) is 48.5 Å². The highest BCUT2D eigenvalue weighted by Crippen LogP contribution is 2.31. The number of benzene rings is 3. The van der Waals surface area contributed by atoms with Gasteiger partial charge in [0.1, 0.15) is 11.8 Å². The molecule has 0 aliphatic carbocycles. The fourth-order valence-corrected chi connectivity index (χ4v) is 5.82. The van der Waals surface area contributed by atoms with Crippen molar-refractivity contribution < 1.29 is 23.1 Å². The Kier molecular flexibility index (Phi) is 7.17. The number of hydrogen-bond donors (Lipinski definition) is 2. The van der Waals surface area contributed by atoms with E-state index in [9.17, 15) is 23.1 Å². The maximum Gasteiger partial charge on any atom is 0.258 e. The van der Waals surface area contributed by atoms with Crippen molar-refractivity contribution in [3.63, 3.8) is 0 Å². The molecule has 3 aromatic carbocycles. The van der Waals surface area contributed by atoms with Crippen LogP contribution in [-0.2, 0) is 20.4 Å². The molecule has 4 rings (SSSR count). The summed E-state index contributed by atoms with van der Waals surface area (Å²) in [5.41, 5.74) is 0.911. The quantitative estimate of drug-likeness (QED) is 0.482. The first kappa shape index (κ1) is 23.8. The molecule has 8 heteroatoms. The number of sulfone groups is 1. The monoisotopic (exact) mass is 480 g/mol. The summed E-state index contributed by atoms with van der Waals surface area (Å²) in [5.74, 6) is -0.821. The Morgan fingerprint density at radius 3 is 2.53 bits per heavy atom. The molecule has 1 fully saturated rings. The van der Waals surface area contributed by atoms with Gasteiger partial charge in [-0.05, 0) is 36.3 Å². The highest BCUT2D eigenvalue weighted by Gasteiger charge is 2.35. The van der Waals surface area contributed by atoms with Crippen molar-refractivity contribution in [3.05, 3.63) is 77.9 Å². The van der Waals surface area contributed by atoms with Crippen molar-refractivity contribution >= 4 is 32.4 Å². The number of phenolic OH excluding ortho intramolecular Hbond substituents is 1. The van der Waals surface area contributed by atoms with Gasteiger partial charge in [0, 0.05) is 18.5 Å². The second-order valence-corrected chi connectivity index (χ2v) is 10.7. The first-order valence-electron chi connectivity index (χ1n) is 11.4. The van der Waals surface area contributed by atoms with Crippen LogP contribution < -0.4 is 5.32 Å². The van der Waals surface area contributed by atoms with E-state index in [1.165, 1.54) is 4.90 Å². The minimum Gasteiger partial charge on any atom is -0.506 e. The Bertz CT molecular complexity index is 1290. The molecule has 1 aliphatic rings. The molecule has 178 valence electrons. The summed E-state index contributed by atoms with van der Waals surface area (Å²) < 4.78 is 24.7. The molecule has 3 aromatic rings. The lowest BCUT2D eigenvalue weighted by molar-refractivity contribution is -0.124. The number of amides is 2. The highest BCUT2D eigenvalue weighted by molar-refractivity contribution is 7.90. The van der Waals surface area contributed by atoms with Gasteiger partial charge in [0.2, 0.25) is 5.91 Å². The van der Waals surface area contributed by atoms with E-state index < -0.39 is 15.9 Å². The van der Waals surface area contributed by atoms with Crippen LogP contribution in [0.2, 0.25) is 0 Å². The summed E-state index contributed by atoms with van der Waals surface area (Å²) in [6.07, 6.45) is 1.51. The summed E-state index contributed by atoms with van der Waals surface area (Å²) in [4.78, 5) is 27.4. The summed E-state index contributed by atoms with van der Waals surface area (Å²) >= 11 is 0. The average Bonchev–Trinajstić information content (AvgIpc) is 3.32. The van der Waals surface area contributed by atoms with E-state index in [4.69, 9.17) is 0 Å². The highest BCUT2D eigenvalue weighted by atomic mass is 32.2. The van der Waals surface area contributed by atoms with Crippen LogP contribution in [-0.4, -0.2) is 55.1 Å². The lowest BCUT2D eigenvalue weighted by atomic mass is 10.0. The zero-order valence-corrected chi connectivity index (χ0v) is 19.6. The Morgan fingerprint density at radius 1 is 1.00 bits per heavy atom. The number of rotatable bonds is 8. The third-order valence-corrected chi connectivity index (χ3v) is 7.79. The zero-order valence-electron chi connectivity index (χ0n) is 18.8. The zero-order chi connectivity index (χ0) is 24.1. The predicted molar refractivity (Wildman–Crippen MR) is 131 cm³/mol. The van der Waals surface area contributed by atoms with E-state index in [-0.39, 0.29) is 41.2 Å². The smallest absolute Gasteiger partial charge is 0.258 e. The second-order valence-electron chi connectivity index (χ2n) is 8.56. The molecule has 1 heterocycles. The van der Waals surface area contributed by atoms with E-state index in [0.717, 1.165) is 10.9 Å². The lowest BCUT2D eigenvalue weighted by Crippen LogP contribution is -2.46. The molecule has 2 amide bonds. The molecule has 0 bridgehead atoms. The van der Waals surface area contributed by atoms with E-state index in [1.807, 2.05) is 18.2 Å². The SMILES string of the molecule is O=C(NCCCS(=O)(=O)Cc1ccccc1)C1CCCN1C(=O)c1ccc2ccccc2c1O. The fourth-order valence-electron chi connectivity index (χ4n) is 4.39. The van der Waals surface area contributed by atoms with Crippen molar-refractivity contribution in [2.75, 3.05) is 18.8 Å². The molecule has 7 nitrogen and oxygen atoms in total. The van der Waals surface area contributed by atoms with Crippen LogP contribution in [0.1, 0.15) is 35.2 Å². The van der Waals surface area contributed by atoms with Gasteiger partial charge in [0.15, 0.2) is 9.84 Å². The molecule has 0 saturated carbocycles. The van der Waals surface area contributed by atoms with E-state index >= 15 is 0 Å². The summed E-state index contributed by atoms with van der Waals surface area (Å²) in [6, 6.07) is 19.0. The van der Waals surface area contributed by atoms with E-state index in [0.29, 0.717) is 31.2 Å². The molecular weight excluding hydrogens is 452 g/mol. The Balaban J connectivity index is 1.34. The summed E-state index contributed by atoms with van der Waals surface area (Å²) in [7, 11) is -3.28. The van der Waals surface area contributed by atoms with Crippen LogP contribution in [0.15, 0.2) is 66.7 Å². The summed E-state index contributed by atoms with van der Waals surface area (Å²) in [5, 5.41) is 14.9. The van der Waals surface area contributed by atoms with Gasteiger partial charge in [-0.25, -0.2) is 8.42 Å². The van der Waals surface area contributed by atoms with Crippen molar-refractivity contribution in [2.45, 2.75) is 31.1 Å². The first-order chi connectivity index (χ1) is 16.4. The van der Waals surface area contributed by atoms with Crippen molar-refractivity contribution in [1.82, 2.24) is 10.2 Å². The molecule has 1 saturated heterocycles. The lowest BCUT2D eigenvalue weighted by Gasteiger charge is -2.24. The van der Waals surface area contributed by atoms with Crippen molar-refractivity contribution in [3.8, 4) is 5.75 Å². The fraction of sp³-hybridized carbons (Fsp3) is 0.308. The van der Waals surface area contributed by atoms with E-state index in [2.05, 4.69) is 5.32 Å². The number of phenols is 1. The number of hydrogen-bond acceptors (Lipinski definition) is 5. The van der Waals surface area contributed by atoms with Crippen LogP contribution in [0.3, 0.4) is 0 Å². The van der Waals surface area contributed by atoms with Crippen molar-refractivity contribution in [2.24, 2.45) is 0 Å². The minimum atomic E-state index is -3.28. The number of nitrogens with one attached hydrogen (secondary N) is 1. The molecule has 0 radical (unpaired) electrons. The van der Waals surface area contributed by atoms with Gasteiger partial charge in [0.05, 0.1) is 17.1 Å². The van der Waals surface area contributed by atoms with Crippen LogP contribution >= 0.6 is 0 Å². The third kappa shape index (κ3) is 5.39. The van der Waals surface area contributed by atoms with Crippen molar-refractivity contribution in [1.29, 1.82) is 0 Å². The van der Waals surface area contributed by atoms with Gasteiger partial charge in [-0.2, -0.15) is 0 Å². The molecule has 1 aliphatic heterocycles. The summed E-state index contributed by atoms with van der Waals surface area (Å²) in [6.45, 7) is 0.640. The second kappa shape index (κ2) is 10.3. The molecule has 1 atom stereocenters. The normalized spacial score (nSPS) is 16.0. The Labute approximate surface area is 199 Å². The van der Waals surface area contributed by atoms with Gasteiger partial charge in [-0.1, -0.05) is 60.7 Å². The standard InChI is InChI=1S/C26H28N2O5S/c29-24-21-11-5-4-10-20(21)13-14-22(24)26(31)28-16-6-12-23(28)25(30)27-15-7-17-34(32,33)18-19-8-2-1-3-9-19/h1-5,8-11,13-14,23,29H,6-7,12,15-18H2,(H,27,30). The first-order valence-corrected chi connectivity index (χ1v) is 13.2. The topological polar surface area (TPSA) is 104 Å². The maximum absolute atomic E-state index is 13.2. The minimum absolute atomic E-state index is 0.0259. The number of nitrogens with zero attached hydrogens (tertiary/aromatic N) is 1. The molecule has 0 spiro atoms. The number of carbonyl (C=O) groups is 2. The van der Waals surface area contributed by atoms with Gasteiger partial charge in [-0.15, -0.1) is 0 Å². The number of aromatic hydroxyl groups is 1. The predicted octanol–water partition coefficient (Wildman–Crippen LogP) is 3.27. The Hall–Kier alpha value is -3.39. The third-order valence-electron chi connectivity index (χ3n) is 6.11. The molecule has 2 N–H and O–H groups in total. The average molecular weight is 481 g/mol. The number of carbonyl (C=O) groups excluding carboxylic acids is 2. The largest absolute Gasteiger partial charge is 0.506 e. The maximum atomic E-state index is 13.2. The van der Waals surface area contributed by atoms with Crippen LogP contribution in [0.25, 0.3) is 10.8 Å². The molecular formula is C26H28N2O5S. The Morgan fingerprint density at radius 2 is 1.74 bits per heavy atom. The number of fused-ring (bicyclic) bond motifs is 1. The van der Waals surface area contributed by atoms with Gasteiger partial charge in [-0.3, -0.25) is 9.59 Å². The van der Waals surface area contributed by atoms with Gasteiger partial charge < -0.3 is 15.3 Å². The molecule has 1 unspecified atom stereocenters. The van der Waals surface area contributed by atoms with Crippen LogP contribution in [0, 0.1) is 0 Å². The van der Waals surface area contributed by atoms with Gasteiger partial charge in [0.25, 0.3) is 5.91 Å². The van der Waals surface area contributed by atoms with Crippen LogP contribution in [0.4, 0.5) is 0 Å². The molecule has 0 aromatic heterocycles. The number of likely N-dealkylation sites (tertiary alicyclic amines) is 1. The molecule has 34 heavy (non-hydrogen) atoms.